The zero-order valence-corrected chi connectivity index (χ0v) is 20.7. The van der Waals surface area contributed by atoms with Crippen LogP contribution in [0.5, 0.6) is 0 Å². The van der Waals surface area contributed by atoms with Crippen LogP contribution < -0.4 is 10.6 Å². The zero-order valence-electron chi connectivity index (χ0n) is 20.0. The van der Waals surface area contributed by atoms with Gasteiger partial charge in [-0.1, -0.05) is 47.9 Å². The van der Waals surface area contributed by atoms with E-state index >= 15 is 0 Å². The summed E-state index contributed by atoms with van der Waals surface area (Å²) in [6.45, 7) is 5.84. The van der Waals surface area contributed by atoms with Gasteiger partial charge >= 0.3 is 0 Å². The molecule has 1 aromatic heterocycles. The lowest BCUT2D eigenvalue weighted by Gasteiger charge is -2.31. The molecule has 0 spiro atoms. The Kier molecular flexibility index (Phi) is 8.15. The number of hydrogen-bond donors (Lipinski definition) is 2. The standard InChI is InChI=1S/C26H30ClN5O3/c1-3-17(2)28-26(34)21-11-4-5-12-22(21)29-25(33)19-9-7-13-32(15-19)16-23-30-24(31-35-23)18-8-6-10-20(27)14-18/h4-6,8,10-12,14,17,19H,3,7,9,13,15-16H2,1-2H3,(H,28,34)(H,29,33). The molecule has 2 amide bonds. The van der Waals surface area contributed by atoms with E-state index in [1.807, 2.05) is 32.0 Å². The first-order chi connectivity index (χ1) is 16.9. The van der Waals surface area contributed by atoms with Crippen LogP contribution in [-0.2, 0) is 11.3 Å². The minimum Gasteiger partial charge on any atom is -0.350 e. The highest BCUT2D eigenvalue weighted by atomic mass is 35.5. The molecule has 2 N–H and O–H groups in total. The van der Waals surface area contributed by atoms with Gasteiger partial charge < -0.3 is 15.2 Å². The van der Waals surface area contributed by atoms with Crippen molar-refractivity contribution in [3.05, 3.63) is 65.0 Å². The first kappa shape index (κ1) is 24.9. The topological polar surface area (TPSA) is 100 Å². The van der Waals surface area contributed by atoms with Gasteiger partial charge in [-0.25, -0.2) is 0 Å². The number of hydrogen-bond acceptors (Lipinski definition) is 6. The molecule has 2 unspecified atom stereocenters. The minimum atomic E-state index is -0.204. The third-order valence-corrected chi connectivity index (χ3v) is 6.44. The number of carbonyl (C=O) groups is 2. The number of piperidine rings is 1. The van der Waals surface area contributed by atoms with E-state index in [2.05, 4.69) is 25.7 Å². The molecule has 3 aromatic rings. The number of amides is 2. The minimum absolute atomic E-state index is 0.0576. The number of nitrogens with one attached hydrogen (secondary N) is 2. The van der Waals surface area contributed by atoms with Crippen molar-refractivity contribution in [3.8, 4) is 11.4 Å². The zero-order chi connectivity index (χ0) is 24.8. The van der Waals surface area contributed by atoms with Gasteiger partial charge in [0.25, 0.3) is 5.91 Å². The quantitative estimate of drug-likeness (QED) is 0.467. The van der Waals surface area contributed by atoms with E-state index in [1.54, 1.807) is 30.3 Å². The predicted molar refractivity (Wildman–Crippen MR) is 135 cm³/mol. The van der Waals surface area contributed by atoms with Gasteiger partial charge in [-0.05, 0) is 57.0 Å². The normalized spacial score (nSPS) is 17.1. The molecule has 2 heterocycles. The monoisotopic (exact) mass is 495 g/mol. The second-order valence-electron chi connectivity index (χ2n) is 8.91. The van der Waals surface area contributed by atoms with Crippen LogP contribution in [0.25, 0.3) is 11.4 Å². The molecule has 0 saturated carbocycles. The molecule has 1 fully saturated rings. The van der Waals surface area contributed by atoms with Crippen molar-refractivity contribution in [2.75, 3.05) is 18.4 Å². The number of halogens is 1. The van der Waals surface area contributed by atoms with Gasteiger partial charge in [0, 0.05) is 23.2 Å². The highest BCUT2D eigenvalue weighted by Gasteiger charge is 2.28. The molecule has 0 bridgehead atoms. The third kappa shape index (κ3) is 6.46. The number of aromatic nitrogens is 2. The van der Waals surface area contributed by atoms with Crippen LogP contribution in [0.4, 0.5) is 5.69 Å². The summed E-state index contributed by atoms with van der Waals surface area (Å²) in [5, 5.41) is 10.6. The number of nitrogens with zero attached hydrogens (tertiary/aromatic N) is 3. The molecule has 8 nitrogen and oxygen atoms in total. The van der Waals surface area contributed by atoms with E-state index in [0.29, 0.717) is 41.1 Å². The molecular weight excluding hydrogens is 466 g/mol. The van der Waals surface area contributed by atoms with Crippen LogP contribution in [0.1, 0.15) is 49.4 Å². The predicted octanol–water partition coefficient (Wildman–Crippen LogP) is 4.77. The van der Waals surface area contributed by atoms with Gasteiger partial charge in [0.05, 0.1) is 23.7 Å². The number of anilines is 1. The lowest BCUT2D eigenvalue weighted by atomic mass is 9.96. The lowest BCUT2D eigenvalue weighted by Crippen LogP contribution is -2.40. The van der Waals surface area contributed by atoms with E-state index in [9.17, 15) is 9.59 Å². The van der Waals surface area contributed by atoms with Crippen molar-refractivity contribution in [2.45, 2.75) is 45.7 Å². The van der Waals surface area contributed by atoms with Gasteiger partial charge in [-0.15, -0.1) is 0 Å². The smallest absolute Gasteiger partial charge is 0.253 e. The van der Waals surface area contributed by atoms with Crippen LogP contribution in [0.15, 0.2) is 53.1 Å². The Labute approximate surface area is 210 Å². The molecule has 0 radical (unpaired) electrons. The van der Waals surface area contributed by atoms with E-state index in [0.717, 1.165) is 31.4 Å². The summed E-state index contributed by atoms with van der Waals surface area (Å²) in [4.78, 5) is 32.4. The van der Waals surface area contributed by atoms with Gasteiger partial charge in [0.15, 0.2) is 0 Å². The summed E-state index contributed by atoms with van der Waals surface area (Å²) in [6, 6.07) is 14.5. The van der Waals surface area contributed by atoms with Gasteiger partial charge in [0.1, 0.15) is 0 Å². The molecular formula is C26H30ClN5O3. The molecule has 1 saturated heterocycles. The summed E-state index contributed by atoms with van der Waals surface area (Å²) in [5.41, 5.74) is 1.78. The first-order valence-electron chi connectivity index (χ1n) is 11.9. The maximum Gasteiger partial charge on any atom is 0.253 e. The Balaban J connectivity index is 1.38. The van der Waals surface area contributed by atoms with E-state index < -0.39 is 0 Å². The molecule has 184 valence electrons. The Hall–Kier alpha value is -3.23. The maximum atomic E-state index is 13.1. The van der Waals surface area contributed by atoms with Crippen molar-refractivity contribution < 1.29 is 14.1 Å². The van der Waals surface area contributed by atoms with Crippen LogP contribution in [0, 0.1) is 5.92 Å². The Morgan fingerprint density at radius 1 is 1.23 bits per heavy atom. The van der Waals surface area contributed by atoms with E-state index in [1.165, 1.54) is 0 Å². The van der Waals surface area contributed by atoms with Crippen LogP contribution in [0.2, 0.25) is 5.02 Å². The van der Waals surface area contributed by atoms with E-state index in [4.69, 9.17) is 16.1 Å². The molecule has 1 aliphatic heterocycles. The second-order valence-corrected chi connectivity index (χ2v) is 9.35. The first-order valence-corrected chi connectivity index (χ1v) is 12.3. The Morgan fingerprint density at radius 2 is 2.06 bits per heavy atom. The summed E-state index contributed by atoms with van der Waals surface area (Å²) in [7, 11) is 0. The third-order valence-electron chi connectivity index (χ3n) is 6.21. The maximum absolute atomic E-state index is 13.1. The second kappa shape index (κ2) is 11.5. The highest BCUT2D eigenvalue weighted by Crippen LogP contribution is 2.24. The molecule has 4 rings (SSSR count). The van der Waals surface area contributed by atoms with Crippen molar-refractivity contribution in [1.82, 2.24) is 20.4 Å². The fourth-order valence-corrected chi connectivity index (χ4v) is 4.29. The Morgan fingerprint density at radius 3 is 2.86 bits per heavy atom. The average molecular weight is 496 g/mol. The summed E-state index contributed by atoms with van der Waals surface area (Å²) in [6.07, 6.45) is 2.49. The SMILES string of the molecule is CCC(C)NC(=O)c1ccccc1NC(=O)C1CCCN(Cc2nc(-c3cccc(Cl)c3)no2)C1. The fraction of sp³-hybridized carbons (Fsp3) is 0.385. The number of carbonyl (C=O) groups excluding carboxylic acids is 2. The number of benzene rings is 2. The summed E-state index contributed by atoms with van der Waals surface area (Å²) < 4.78 is 5.45. The van der Waals surface area contributed by atoms with Crippen molar-refractivity contribution in [3.63, 3.8) is 0 Å². The Bertz CT molecular complexity index is 1180. The number of rotatable bonds is 8. The van der Waals surface area contributed by atoms with Crippen molar-refractivity contribution in [1.29, 1.82) is 0 Å². The molecule has 35 heavy (non-hydrogen) atoms. The fourth-order valence-electron chi connectivity index (χ4n) is 4.10. The van der Waals surface area contributed by atoms with Gasteiger partial charge in [-0.3, -0.25) is 14.5 Å². The van der Waals surface area contributed by atoms with E-state index in [-0.39, 0.29) is 23.8 Å². The largest absolute Gasteiger partial charge is 0.350 e. The summed E-state index contributed by atoms with van der Waals surface area (Å²) >= 11 is 6.06. The van der Waals surface area contributed by atoms with Crippen LogP contribution >= 0.6 is 11.6 Å². The van der Waals surface area contributed by atoms with Crippen LogP contribution in [-0.4, -0.2) is 46.0 Å². The number of likely N-dealkylation sites (tertiary alicyclic amines) is 1. The van der Waals surface area contributed by atoms with Crippen molar-refractivity contribution in [2.24, 2.45) is 5.92 Å². The molecule has 1 aliphatic rings. The average Bonchev–Trinajstić information content (AvgIpc) is 3.33. The molecule has 2 aromatic carbocycles. The molecule has 9 heteroatoms. The van der Waals surface area contributed by atoms with Crippen molar-refractivity contribution >= 4 is 29.1 Å². The highest BCUT2D eigenvalue weighted by molar-refractivity contribution is 6.30. The summed E-state index contributed by atoms with van der Waals surface area (Å²) in [5.74, 6) is 0.495. The molecule has 2 atom stereocenters. The van der Waals surface area contributed by atoms with Gasteiger partial charge in [0.2, 0.25) is 17.6 Å². The van der Waals surface area contributed by atoms with Gasteiger partial charge in [-0.2, -0.15) is 4.98 Å². The lowest BCUT2D eigenvalue weighted by molar-refractivity contribution is -0.121. The number of para-hydroxylation sites is 1. The molecule has 0 aliphatic carbocycles. The van der Waals surface area contributed by atoms with Crippen LogP contribution in [0.3, 0.4) is 0 Å².